The van der Waals surface area contributed by atoms with Gasteiger partial charge in [-0.3, -0.25) is 9.36 Å². The molecule has 1 aliphatic heterocycles. The van der Waals surface area contributed by atoms with Crippen LogP contribution in [0.4, 0.5) is 5.95 Å². The lowest BCUT2D eigenvalue weighted by molar-refractivity contribution is 0.492. The van der Waals surface area contributed by atoms with Gasteiger partial charge in [-0.2, -0.15) is 5.26 Å². The van der Waals surface area contributed by atoms with E-state index in [9.17, 15) is 10.1 Å². The number of piperidine rings is 1. The lowest BCUT2D eigenvalue weighted by Gasteiger charge is -2.33. The van der Waals surface area contributed by atoms with Crippen LogP contribution in [-0.4, -0.2) is 33.7 Å². The molecule has 4 rings (SSSR count). The van der Waals surface area contributed by atoms with Crippen molar-refractivity contribution >= 4 is 29.4 Å². The van der Waals surface area contributed by atoms with E-state index in [2.05, 4.69) is 16.0 Å². The fourth-order valence-electron chi connectivity index (χ4n) is 3.73. The summed E-state index contributed by atoms with van der Waals surface area (Å²) in [7, 11) is 0. The molecule has 1 fully saturated rings. The smallest absolute Gasteiger partial charge is 0.279 e. The van der Waals surface area contributed by atoms with Gasteiger partial charge in [-0.15, -0.1) is 12.4 Å². The van der Waals surface area contributed by atoms with Crippen LogP contribution in [0.2, 0.25) is 0 Å². The first-order valence-electron chi connectivity index (χ1n) is 9.15. The van der Waals surface area contributed by atoms with Gasteiger partial charge in [0.15, 0.2) is 0 Å². The molecule has 0 aliphatic carbocycles. The molecule has 1 saturated heterocycles. The summed E-state index contributed by atoms with van der Waals surface area (Å²) in [4.78, 5) is 23.2. The summed E-state index contributed by atoms with van der Waals surface area (Å²) in [6, 6.07) is 11.5. The third-order valence-corrected chi connectivity index (χ3v) is 5.06. The van der Waals surface area contributed by atoms with Gasteiger partial charge in [0.25, 0.3) is 5.56 Å². The molecule has 146 valence electrons. The number of anilines is 1. The van der Waals surface area contributed by atoms with Crippen molar-refractivity contribution in [2.24, 2.45) is 5.73 Å². The lowest BCUT2D eigenvalue weighted by atomic mass is 10.1. The van der Waals surface area contributed by atoms with Crippen LogP contribution in [0, 0.1) is 18.3 Å². The number of hydrogen-bond acceptors (Lipinski definition) is 5. The average molecular weight is 399 g/mol. The van der Waals surface area contributed by atoms with E-state index in [0.29, 0.717) is 35.6 Å². The second-order valence-corrected chi connectivity index (χ2v) is 7.13. The maximum Gasteiger partial charge on any atom is 0.279 e. The number of rotatable bonds is 3. The molecule has 3 aromatic rings. The average Bonchev–Trinajstić information content (AvgIpc) is 3.05. The number of nitrogens with one attached hydrogen (secondary N) is 1. The first-order chi connectivity index (χ1) is 13.1. The fourth-order valence-corrected chi connectivity index (χ4v) is 3.73. The maximum atomic E-state index is 13.2. The Bertz CT molecular complexity index is 1100. The Morgan fingerprint density at radius 3 is 2.93 bits per heavy atom. The molecule has 7 nitrogen and oxygen atoms in total. The Morgan fingerprint density at radius 1 is 1.39 bits per heavy atom. The summed E-state index contributed by atoms with van der Waals surface area (Å²) in [5.74, 6) is 0.620. The highest BCUT2D eigenvalue weighted by Crippen LogP contribution is 2.21. The molecule has 3 heterocycles. The third kappa shape index (κ3) is 3.61. The van der Waals surface area contributed by atoms with Crippen molar-refractivity contribution in [3.63, 3.8) is 0 Å². The van der Waals surface area contributed by atoms with Crippen LogP contribution in [0.15, 0.2) is 35.1 Å². The van der Waals surface area contributed by atoms with Crippen LogP contribution < -0.4 is 16.2 Å². The van der Waals surface area contributed by atoms with Crippen LogP contribution in [0.3, 0.4) is 0 Å². The van der Waals surface area contributed by atoms with E-state index < -0.39 is 0 Å². The maximum absolute atomic E-state index is 13.2. The number of nitriles is 1. The molecule has 8 heteroatoms. The van der Waals surface area contributed by atoms with Gasteiger partial charge in [0.2, 0.25) is 5.95 Å². The van der Waals surface area contributed by atoms with Crippen molar-refractivity contribution in [1.29, 1.82) is 5.26 Å². The minimum atomic E-state index is -0.130. The molecule has 0 bridgehead atoms. The minimum absolute atomic E-state index is 0. The van der Waals surface area contributed by atoms with Crippen molar-refractivity contribution in [1.82, 2.24) is 14.5 Å². The SMILES string of the molecule is Cc1cc2nc(N3CCC[C@@H](N)C3)n(Cc3ccccc3C#N)c(=O)c2[nH]1.Cl. The Balaban J connectivity index is 0.00000225. The van der Waals surface area contributed by atoms with Crippen molar-refractivity contribution < 1.29 is 0 Å². The molecule has 3 N–H and O–H groups in total. The molecule has 0 spiro atoms. The van der Waals surface area contributed by atoms with Crippen molar-refractivity contribution in [2.75, 3.05) is 18.0 Å². The summed E-state index contributed by atoms with van der Waals surface area (Å²) >= 11 is 0. The van der Waals surface area contributed by atoms with Gasteiger partial charge in [-0.1, -0.05) is 18.2 Å². The van der Waals surface area contributed by atoms with Gasteiger partial charge in [-0.25, -0.2) is 4.98 Å². The molecule has 0 amide bonds. The molecular weight excluding hydrogens is 376 g/mol. The lowest BCUT2D eigenvalue weighted by Crippen LogP contribution is -2.45. The Hall–Kier alpha value is -2.82. The number of H-pyrrole nitrogens is 1. The van der Waals surface area contributed by atoms with E-state index in [-0.39, 0.29) is 24.0 Å². The quantitative estimate of drug-likeness (QED) is 0.704. The number of nitrogens with zero attached hydrogens (tertiary/aromatic N) is 4. The molecule has 1 aliphatic rings. The standard InChI is InChI=1S/C20H22N6O.ClH/c1-13-9-17-18(23-13)19(27)26(11-15-6-3-2-5-14(15)10-21)20(24-17)25-8-4-7-16(22)12-25;/h2-3,5-6,9,16,23H,4,7-8,11-12,22H2,1H3;1H/t16-;/m1./s1. The first kappa shape index (κ1) is 19.9. The van der Waals surface area contributed by atoms with Gasteiger partial charge < -0.3 is 15.6 Å². The summed E-state index contributed by atoms with van der Waals surface area (Å²) < 4.78 is 1.66. The Kier molecular flexibility index (Phi) is 5.73. The summed E-state index contributed by atoms with van der Waals surface area (Å²) in [5, 5.41) is 9.41. The topological polar surface area (TPSA) is 104 Å². The van der Waals surface area contributed by atoms with E-state index in [1.807, 2.05) is 31.2 Å². The molecular formula is C20H23ClN6O. The van der Waals surface area contributed by atoms with Crippen LogP contribution >= 0.6 is 12.4 Å². The highest BCUT2D eigenvalue weighted by atomic mass is 35.5. The van der Waals surface area contributed by atoms with Gasteiger partial charge in [0.05, 0.1) is 23.7 Å². The summed E-state index contributed by atoms with van der Waals surface area (Å²) in [5.41, 5.74) is 9.44. The van der Waals surface area contributed by atoms with Gasteiger partial charge in [0, 0.05) is 24.8 Å². The first-order valence-corrected chi connectivity index (χ1v) is 9.15. The largest absolute Gasteiger partial charge is 0.353 e. The van der Waals surface area contributed by atoms with E-state index in [4.69, 9.17) is 10.7 Å². The van der Waals surface area contributed by atoms with Crippen LogP contribution in [0.5, 0.6) is 0 Å². The minimum Gasteiger partial charge on any atom is -0.353 e. The Labute approximate surface area is 169 Å². The Morgan fingerprint density at radius 2 is 2.18 bits per heavy atom. The van der Waals surface area contributed by atoms with Gasteiger partial charge >= 0.3 is 0 Å². The normalized spacial score (nSPS) is 16.6. The molecule has 2 aromatic heterocycles. The van der Waals surface area contributed by atoms with Gasteiger partial charge in [0.1, 0.15) is 5.52 Å². The number of halogens is 1. The zero-order valence-electron chi connectivity index (χ0n) is 15.7. The van der Waals surface area contributed by atoms with Crippen molar-refractivity contribution in [2.45, 2.75) is 32.4 Å². The highest BCUT2D eigenvalue weighted by molar-refractivity contribution is 5.85. The zero-order chi connectivity index (χ0) is 19.0. The van der Waals surface area contributed by atoms with Gasteiger partial charge in [-0.05, 0) is 37.5 Å². The van der Waals surface area contributed by atoms with E-state index in [1.54, 1.807) is 10.6 Å². The van der Waals surface area contributed by atoms with Crippen LogP contribution in [0.1, 0.15) is 29.7 Å². The highest BCUT2D eigenvalue weighted by Gasteiger charge is 2.23. The predicted molar refractivity (Wildman–Crippen MR) is 112 cm³/mol. The number of aromatic nitrogens is 3. The summed E-state index contributed by atoms with van der Waals surface area (Å²) in [6.45, 7) is 3.69. The number of fused-ring (bicyclic) bond motifs is 1. The number of aryl methyl sites for hydroxylation is 1. The summed E-state index contributed by atoms with van der Waals surface area (Å²) in [6.07, 6.45) is 1.94. The number of nitrogens with two attached hydrogens (primary N) is 1. The monoisotopic (exact) mass is 398 g/mol. The molecule has 0 radical (unpaired) electrons. The predicted octanol–water partition coefficient (Wildman–Crippen LogP) is 2.30. The van der Waals surface area contributed by atoms with E-state index in [0.717, 1.165) is 30.6 Å². The van der Waals surface area contributed by atoms with Crippen LogP contribution in [-0.2, 0) is 6.54 Å². The van der Waals surface area contributed by atoms with Crippen molar-refractivity contribution in [3.05, 3.63) is 57.5 Å². The third-order valence-electron chi connectivity index (χ3n) is 5.06. The van der Waals surface area contributed by atoms with E-state index in [1.165, 1.54) is 0 Å². The fraction of sp³-hybridized carbons (Fsp3) is 0.350. The number of benzene rings is 1. The van der Waals surface area contributed by atoms with E-state index >= 15 is 0 Å². The molecule has 1 aromatic carbocycles. The zero-order valence-corrected chi connectivity index (χ0v) is 16.5. The van der Waals surface area contributed by atoms with Crippen LogP contribution in [0.25, 0.3) is 11.0 Å². The second-order valence-electron chi connectivity index (χ2n) is 7.13. The number of aromatic amines is 1. The van der Waals surface area contributed by atoms with Crippen molar-refractivity contribution in [3.8, 4) is 6.07 Å². The second kappa shape index (κ2) is 8.05. The number of hydrogen-bond donors (Lipinski definition) is 2. The molecule has 0 unspecified atom stereocenters. The molecule has 1 atom stereocenters. The molecule has 0 saturated carbocycles. The molecule has 28 heavy (non-hydrogen) atoms.